The van der Waals surface area contributed by atoms with Gasteiger partial charge in [-0.1, -0.05) is 71.7 Å². The minimum absolute atomic E-state index is 0.00890. The van der Waals surface area contributed by atoms with Crippen LogP contribution in [0.3, 0.4) is 0 Å². The lowest BCUT2D eigenvalue weighted by Gasteiger charge is -2.37. The molecule has 3 aromatic heterocycles. The molecule has 264 valence electrons. The van der Waals surface area contributed by atoms with Crippen molar-refractivity contribution in [2.75, 3.05) is 36.4 Å². The second-order valence-electron chi connectivity index (χ2n) is 13.5. The number of rotatable bonds is 8. The lowest BCUT2D eigenvalue weighted by molar-refractivity contribution is 0.102. The number of H-pyrrole nitrogens is 1. The number of aromatic nitrogens is 4. The molecule has 10 nitrogen and oxygen atoms in total. The number of hydrogen-bond acceptors (Lipinski definition) is 5. The van der Waals surface area contributed by atoms with Gasteiger partial charge in [0.15, 0.2) is 5.82 Å². The van der Waals surface area contributed by atoms with Crippen LogP contribution >= 0.6 is 23.2 Å². The molecule has 0 radical (unpaired) electrons. The number of urea groups is 1. The first-order chi connectivity index (χ1) is 25.2. The van der Waals surface area contributed by atoms with Crippen molar-refractivity contribution >= 4 is 57.5 Å². The Kier molecular flexibility index (Phi) is 9.11. The van der Waals surface area contributed by atoms with Crippen LogP contribution in [0.4, 0.5) is 16.3 Å². The number of carbonyl (C=O) groups excluding carboxylic acids is 2. The van der Waals surface area contributed by atoms with Crippen molar-refractivity contribution < 1.29 is 9.59 Å². The maximum atomic E-state index is 14.7. The molecule has 3 amide bonds. The molecular weight excluding hydrogens is 695 g/mol. The third-order valence-electron chi connectivity index (χ3n) is 10.2. The number of imidazole rings is 1. The molecule has 6 aromatic rings. The average Bonchev–Trinajstić information content (AvgIpc) is 3.88. The Morgan fingerprint density at radius 3 is 2.42 bits per heavy atom. The summed E-state index contributed by atoms with van der Waals surface area (Å²) in [6.45, 7) is 6.92. The van der Waals surface area contributed by atoms with Gasteiger partial charge < -0.3 is 30.0 Å². The van der Waals surface area contributed by atoms with Crippen molar-refractivity contribution in [1.82, 2.24) is 29.7 Å². The largest absolute Gasteiger partial charge is 0.355 e. The number of nitrogens with zero attached hydrogens (tertiary/aromatic N) is 5. The normalized spacial score (nSPS) is 15.7. The summed E-state index contributed by atoms with van der Waals surface area (Å²) in [6, 6.07) is 25.4. The summed E-state index contributed by atoms with van der Waals surface area (Å²) in [4.78, 5) is 44.4. The van der Waals surface area contributed by atoms with E-state index in [9.17, 15) is 9.59 Å². The number of hydrogen-bond donors (Lipinski definition) is 3. The molecule has 0 aliphatic carbocycles. The number of carbonyl (C=O) groups is 2. The van der Waals surface area contributed by atoms with Gasteiger partial charge in [-0.3, -0.25) is 4.79 Å². The van der Waals surface area contributed by atoms with Crippen molar-refractivity contribution in [3.8, 4) is 22.5 Å². The summed E-state index contributed by atoms with van der Waals surface area (Å²) in [6.07, 6.45) is 5.30. The second kappa shape index (κ2) is 14.0. The molecule has 0 unspecified atom stereocenters. The molecule has 0 bridgehead atoms. The molecule has 0 spiro atoms. The zero-order chi connectivity index (χ0) is 35.9. The zero-order valence-corrected chi connectivity index (χ0v) is 30.4. The topological polar surface area (TPSA) is 111 Å². The Morgan fingerprint density at radius 1 is 0.942 bits per heavy atom. The van der Waals surface area contributed by atoms with Gasteiger partial charge >= 0.3 is 6.03 Å². The molecule has 8 rings (SSSR count). The molecule has 3 aromatic carbocycles. The second-order valence-corrected chi connectivity index (χ2v) is 14.4. The fourth-order valence-electron chi connectivity index (χ4n) is 7.51. The quantitative estimate of drug-likeness (QED) is 0.145. The number of fused-ring (bicyclic) bond motifs is 1. The number of halogens is 2. The first-order valence-corrected chi connectivity index (χ1v) is 18.3. The predicted octanol–water partition coefficient (Wildman–Crippen LogP) is 8.56. The lowest BCUT2D eigenvalue weighted by atomic mass is 9.99. The van der Waals surface area contributed by atoms with E-state index in [1.165, 1.54) is 0 Å². The summed E-state index contributed by atoms with van der Waals surface area (Å²) >= 11 is 12.8. The Bertz CT molecular complexity index is 2280. The van der Waals surface area contributed by atoms with Crippen LogP contribution in [-0.4, -0.2) is 68.6 Å². The van der Waals surface area contributed by atoms with E-state index in [-0.39, 0.29) is 24.0 Å². The molecule has 3 N–H and O–H groups in total. The number of nitrogens with one attached hydrogen (secondary N) is 3. The molecule has 2 fully saturated rings. The van der Waals surface area contributed by atoms with Crippen LogP contribution in [-0.2, 0) is 0 Å². The standard InChI is InChI=1S/C40H38Cl2N8O2/c1-24-20-33(38(44-22-24)48-17-14-30(15-18-48)49-19-16-43-40(49)52)47-39(51)36-34(31-13-12-29(42)21-32(31)46-36)37-35(27-6-4-3-5-7-27)45-23-50(37)25(2)26-8-10-28(41)11-9-26/h3-13,20-23,25,30,46H,14-19H2,1-2H3,(H,43,52)(H,47,51)/t25-/m0/s1. The van der Waals surface area contributed by atoms with Gasteiger partial charge in [0.25, 0.3) is 5.91 Å². The molecule has 2 aliphatic heterocycles. The number of benzene rings is 3. The van der Waals surface area contributed by atoms with Gasteiger partial charge in [-0.05, 0) is 68.1 Å². The van der Waals surface area contributed by atoms with E-state index >= 15 is 0 Å². The summed E-state index contributed by atoms with van der Waals surface area (Å²) in [7, 11) is 0. The van der Waals surface area contributed by atoms with Gasteiger partial charge in [0.2, 0.25) is 0 Å². The van der Waals surface area contributed by atoms with Gasteiger partial charge in [0.05, 0.1) is 29.4 Å². The van der Waals surface area contributed by atoms with Crippen LogP contribution in [0.2, 0.25) is 10.0 Å². The number of pyridine rings is 1. The van der Waals surface area contributed by atoms with E-state index in [2.05, 4.69) is 32.0 Å². The monoisotopic (exact) mass is 732 g/mol. The Morgan fingerprint density at radius 2 is 1.69 bits per heavy atom. The summed E-state index contributed by atoms with van der Waals surface area (Å²) in [5, 5.41) is 8.21. The third kappa shape index (κ3) is 6.37. The van der Waals surface area contributed by atoms with E-state index in [1.807, 2.05) is 103 Å². The zero-order valence-electron chi connectivity index (χ0n) is 28.9. The Hall–Kier alpha value is -5.32. The number of aromatic amines is 1. The molecule has 12 heteroatoms. The van der Waals surface area contributed by atoms with Gasteiger partial charge in [-0.2, -0.15) is 0 Å². The number of anilines is 2. The molecule has 2 aliphatic rings. The molecule has 0 saturated carbocycles. The van der Waals surface area contributed by atoms with Gasteiger partial charge in [-0.15, -0.1) is 0 Å². The minimum atomic E-state index is -0.314. The first-order valence-electron chi connectivity index (χ1n) is 17.5. The average molecular weight is 734 g/mol. The number of amides is 3. The smallest absolute Gasteiger partial charge is 0.317 e. The van der Waals surface area contributed by atoms with Crippen LogP contribution < -0.4 is 15.5 Å². The summed E-state index contributed by atoms with van der Waals surface area (Å²) < 4.78 is 2.12. The van der Waals surface area contributed by atoms with Gasteiger partial charge in [0.1, 0.15) is 5.69 Å². The van der Waals surface area contributed by atoms with E-state index < -0.39 is 0 Å². The van der Waals surface area contributed by atoms with Crippen molar-refractivity contribution in [2.24, 2.45) is 0 Å². The van der Waals surface area contributed by atoms with Crippen LogP contribution in [0.15, 0.2) is 91.4 Å². The fraction of sp³-hybridized carbons (Fsp3) is 0.250. The molecule has 5 heterocycles. The molecule has 2 saturated heterocycles. The number of aryl methyl sites for hydroxylation is 1. The highest BCUT2D eigenvalue weighted by Gasteiger charge is 2.33. The van der Waals surface area contributed by atoms with Crippen molar-refractivity contribution in [1.29, 1.82) is 0 Å². The van der Waals surface area contributed by atoms with Crippen LogP contribution in [0.1, 0.15) is 47.4 Å². The molecular formula is C40H38Cl2N8O2. The Balaban J connectivity index is 1.21. The van der Waals surface area contributed by atoms with E-state index in [4.69, 9.17) is 33.2 Å². The maximum absolute atomic E-state index is 14.7. The number of piperidine rings is 1. The van der Waals surface area contributed by atoms with Crippen molar-refractivity contribution in [2.45, 2.75) is 38.8 Å². The minimum Gasteiger partial charge on any atom is -0.355 e. The fourth-order valence-corrected chi connectivity index (χ4v) is 7.81. The van der Waals surface area contributed by atoms with Crippen LogP contribution in [0.25, 0.3) is 33.4 Å². The Labute approximate surface area is 311 Å². The first kappa shape index (κ1) is 33.8. The van der Waals surface area contributed by atoms with Crippen LogP contribution in [0, 0.1) is 6.92 Å². The summed E-state index contributed by atoms with van der Waals surface area (Å²) in [5.74, 6) is 0.390. The maximum Gasteiger partial charge on any atom is 0.317 e. The predicted molar refractivity (Wildman–Crippen MR) is 207 cm³/mol. The van der Waals surface area contributed by atoms with Gasteiger partial charge in [0, 0.05) is 70.5 Å². The highest BCUT2D eigenvalue weighted by molar-refractivity contribution is 6.31. The van der Waals surface area contributed by atoms with Crippen molar-refractivity contribution in [3.63, 3.8) is 0 Å². The van der Waals surface area contributed by atoms with Gasteiger partial charge in [-0.25, -0.2) is 14.8 Å². The lowest BCUT2D eigenvalue weighted by Crippen LogP contribution is -2.46. The van der Waals surface area contributed by atoms with E-state index in [1.54, 1.807) is 0 Å². The van der Waals surface area contributed by atoms with Crippen LogP contribution in [0.5, 0.6) is 0 Å². The third-order valence-corrected chi connectivity index (χ3v) is 10.7. The highest BCUT2D eigenvalue weighted by atomic mass is 35.5. The highest BCUT2D eigenvalue weighted by Crippen LogP contribution is 2.42. The van der Waals surface area contributed by atoms with E-state index in [0.717, 1.165) is 58.4 Å². The molecule has 1 atom stereocenters. The SMILES string of the molecule is Cc1cnc(N2CCC(N3CCNC3=O)CC2)c(NC(=O)c2[nH]c3cc(Cl)ccc3c2-c2c(-c3ccccc3)ncn2[C@@H](C)c2ccc(Cl)cc2)c1. The van der Waals surface area contributed by atoms with E-state index in [0.29, 0.717) is 52.4 Å². The molecule has 52 heavy (non-hydrogen) atoms. The summed E-state index contributed by atoms with van der Waals surface area (Å²) in [5.41, 5.74) is 6.88. The van der Waals surface area contributed by atoms with Crippen molar-refractivity contribution in [3.05, 3.63) is 118 Å².